The Morgan fingerprint density at radius 2 is 1.96 bits per heavy atom. The SMILES string of the molecule is Cc1cccc(C(CO)(CNC(=O)OC(C)(C)C)CC(C)C)c1. The number of carbonyl (C=O) groups is 1. The number of aryl methyl sites for hydroxylation is 1. The monoisotopic (exact) mass is 321 g/mol. The molecule has 0 saturated heterocycles. The van der Waals surface area contributed by atoms with Gasteiger partial charge in [0.15, 0.2) is 0 Å². The fourth-order valence-corrected chi connectivity index (χ4v) is 2.82. The van der Waals surface area contributed by atoms with Crippen molar-refractivity contribution in [1.82, 2.24) is 5.32 Å². The van der Waals surface area contributed by atoms with Gasteiger partial charge in [0.05, 0.1) is 6.61 Å². The van der Waals surface area contributed by atoms with E-state index in [4.69, 9.17) is 4.74 Å². The van der Waals surface area contributed by atoms with Gasteiger partial charge in [0.25, 0.3) is 0 Å². The molecule has 0 saturated carbocycles. The van der Waals surface area contributed by atoms with Gasteiger partial charge in [-0.3, -0.25) is 0 Å². The number of hydrogen-bond donors (Lipinski definition) is 2. The molecule has 1 rings (SSSR count). The normalized spacial score (nSPS) is 14.4. The average molecular weight is 321 g/mol. The standard InChI is InChI=1S/C19H31NO3/c1-14(2)11-19(13-21,16-9-7-8-15(3)10-16)12-20-17(22)23-18(4,5)6/h7-10,14,21H,11-13H2,1-6H3,(H,20,22). The molecule has 1 aromatic rings. The summed E-state index contributed by atoms with van der Waals surface area (Å²) >= 11 is 0. The van der Waals surface area contributed by atoms with Crippen molar-refractivity contribution < 1.29 is 14.6 Å². The third-order valence-electron chi connectivity index (χ3n) is 3.70. The smallest absolute Gasteiger partial charge is 0.407 e. The van der Waals surface area contributed by atoms with Gasteiger partial charge in [0.2, 0.25) is 0 Å². The van der Waals surface area contributed by atoms with Crippen molar-refractivity contribution in [2.75, 3.05) is 13.2 Å². The summed E-state index contributed by atoms with van der Waals surface area (Å²) in [5.74, 6) is 0.392. The lowest BCUT2D eigenvalue weighted by Crippen LogP contribution is -2.45. The molecule has 0 aliphatic carbocycles. The highest BCUT2D eigenvalue weighted by molar-refractivity contribution is 5.67. The second kappa shape index (κ2) is 7.82. The molecule has 0 aliphatic rings. The van der Waals surface area contributed by atoms with Crippen LogP contribution in [0, 0.1) is 12.8 Å². The second-order valence-corrected chi connectivity index (χ2v) is 7.76. The highest BCUT2D eigenvalue weighted by Gasteiger charge is 2.33. The van der Waals surface area contributed by atoms with Crippen LogP contribution in [0.25, 0.3) is 0 Å². The van der Waals surface area contributed by atoms with Crippen molar-refractivity contribution in [2.24, 2.45) is 5.92 Å². The highest BCUT2D eigenvalue weighted by Crippen LogP contribution is 2.31. The number of nitrogens with one attached hydrogen (secondary N) is 1. The number of benzene rings is 1. The minimum absolute atomic E-state index is 0.0234. The molecular weight excluding hydrogens is 290 g/mol. The van der Waals surface area contributed by atoms with E-state index in [0.717, 1.165) is 17.5 Å². The van der Waals surface area contributed by atoms with Crippen LogP contribution in [0.2, 0.25) is 0 Å². The minimum atomic E-state index is -0.534. The predicted molar refractivity (Wildman–Crippen MR) is 93.6 cm³/mol. The Morgan fingerprint density at radius 1 is 1.30 bits per heavy atom. The van der Waals surface area contributed by atoms with Crippen molar-refractivity contribution in [2.45, 2.75) is 59.0 Å². The Bertz CT molecular complexity index is 520. The van der Waals surface area contributed by atoms with E-state index in [2.05, 4.69) is 25.2 Å². The summed E-state index contributed by atoms with van der Waals surface area (Å²) in [7, 11) is 0. The maximum Gasteiger partial charge on any atom is 0.407 e. The number of carbonyl (C=O) groups excluding carboxylic acids is 1. The number of alkyl carbamates (subject to hydrolysis) is 1. The van der Waals surface area contributed by atoms with Gasteiger partial charge in [0.1, 0.15) is 5.60 Å². The summed E-state index contributed by atoms with van der Waals surface area (Å²) in [6, 6.07) is 8.11. The van der Waals surface area contributed by atoms with Gasteiger partial charge in [-0.15, -0.1) is 0 Å². The third kappa shape index (κ3) is 6.22. The molecular formula is C19H31NO3. The molecule has 1 unspecified atom stereocenters. The third-order valence-corrected chi connectivity index (χ3v) is 3.70. The van der Waals surface area contributed by atoms with Crippen LogP contribution in [0.3, 0.4) is 0 Å². The zero-order chi connectivity index (χ0) is 17.7. The first-order valence-corrected chi connectivity index (χ1v) is 8.23. The van der Waals surface area contributed by atoms with Gasteiger partial charge >= 0.3 is 6.09 Å². The first kappa shape index (κ1) is 19.5. The zero-order valence-corrected chi connectivity index (χ0v) is 15.3. The summed E-state index contributed by atoms with van der Waals surface area (Å²) in [5.41, 5.74) is 1.15. The molecule has 0 spiro atoms. The molecule has 23 heavy (non-hydrogen) atoms. The molecule has 0 aromatic heterocycles. The molecule has 2 N–H and O–H groups in total. The van der Waals surface area contributed by atoms with Gasteiger partial charge in [-0.1, -0.05) is 43.7 Å². The maximum atomic E-state index is 12.0. The first-order valence-electron chi connectivity index (χ1n) is 8.23. The van der Waals surface area contributed by atoms with Crippen molar-refractivity contribution in [1.29, 1.82) is 0 Å². The molecule has 1 aromatic carbocycles. The number of rotatable bonds is 6. The fourth-order valence-electron chi connectivity index (χ4n) is 2.82. The van der Waals surface area contributed by atoms with E-state index >= 15 is 0 Å². The van der Waals surface area contributed by atoms with E-state index in [1.807, 2.05) is 45.9 Å². The van der Waals surface area contributed by atoms with Gasteiger partial charge in [-0.05, 0) is 45.6 Å². The van der Waals surface area contributed by atoms with E-state index in [1.54, 1.807) is 0 Å². The Labute approximate surface area is 140 Å². The molecule has 0 radical (unpaired) electrons. The number of ether oxygens (including phenoxy) is 1. The van der Waals surface area contributed by atoms with Gasteiger partial charge in [-0.2, -0.15) is 0 Å². The van der Waals surface area contributed by atoms with Gasteiger partial charge < -0.3 is 15.2 Å². The molecule has 0 aliphatic heterocycles. The molecule has 0 fully saturated rings. The van der Waals surface area contributed by atoms with E-state index in [-0.39, 0.29) is 6.61 Å². The van der Waals surface area contributed by atoms with Crippen LogP contribution in [-0.2, 0) is 10.2 Å². The van der Waals surface area contributed by atoms with Crippen LogP contribution in [-0.4, -0.2) is 30.0 Å². The Hall–Kier alpha value is -1.55. The Morgan fingerprint density at radius 3 is 2.43 bits per heavy atom. The van der Waals surface area contributed by atoms with E-state index in [0.29, 0.717) is 12.5 Å². The molecule has 1 amide bonds. The molecule has 130 valence electrons. The predicted octanol–water partition coefficient (Wildman–Crippen LogP) is 3.80. The summed E-state index contributed by atoms with van der Waals surface area (Å²) in [6.07, 6.45) is 0.328. The van der Waals surface area contributed by atoms with Crippen LogP contribution in [0.5, 0.6) is 0 Å². The van der Waals surface area contributed by atoms with Crippen molar-refractivity contribution in [3.8, 4) is 0 Å². The largest absolute Gasteiger partial charge is 0.444 e. The van der Waals surface area contributed by atoms with Gasteiger partial charge in [0, 0.05) is 12.0 Å². The van der Waals surface area contributed by atoms with E-state index < -0.39 is 17.1 Å². The first-order chi connectivity index (χ1) is 10.6. The topological polar surface area (TPSA) is 58.6 Å². The van der Waals surface area contributed by atoms with Crippen molar-refractivity contribution in [3.05, 3.63) is 35.4 Å². The highest BCUT2D eigenvalue weighted by atomic mass is 16.6. The van der Waals surface area contributed by atoms with E-state index in [9.17, 15) is 9.90 Å². The molecule has 1 atom stereocenters. The molecule has 0 bridgehead atoms. The fraction of sp³-hybridized carbons (Fsp3) is 0.632. The lowest BCUT2D eigenvalue weighted by Gasteiger charge is -2.35. The zero-order valence-electron chi connectivity index (χ0n) is 15.3. The number of hydrogen-bond acceptors (Lipinski definition) is 3. The summed E-state index contributed by atoms with van der Waals surface area (Å²) in [5, 5.41) is 13.0. The molecule has 4 nitrogen and oxygen atoms in total. The minimum Gasteiger partial charge on any atom is -0.444 e. The summed E-state index contributed by atoms with van der Waals surface area (Å²) in [4.78, 5) is 12.0. The lowest BCUT2D eigenvalue weighted by atomic mass is 9.74. The van der Waals surface area contributed by atoms with Crippen molar-refractivity contribution >= 4 is 6.09 Å². The Balaban J connectivity index is 2.98. The maximum absolute atomic E-state index is 12.0. The van der Waals surface area contributed by atoms with Crippen LogP contribution >= 0.6 is 0 Å². The molecule has 4 heteroatoms. The second-order valence-electron chi connectivity index (χ2n) is 7.76. The van der Waals surface area contributed by atoms with Crippen LogP contribution in [0.4, 0.5) is 4.79 Å². The lowest BCUT2D eigenvalue weighted by molar-refractivity contribution is 0.0496. The summed E-state index contributed by atoms with van der Waals surface area (Å²) in [6.45, 7) is 12.1. The van der Waals surface area contributed by atoms with Gasteiger partial charge in [-0.25, -0.2) is 4.79 Å². The van der Waals surface area contributed by atoms with Crippen LogP contribution in [0.15, 0.2) is 24.3 Å². The quantitative estimate of drug-likeness (QED) is 0.838. The van der Waals surface area contributed by atoms with Crippen molar-refractivity contribution in [3.63, 3.8) is 0 Å². The average Bonchev–Trinajstić information content (AvgIpc) is 2.41. The Kier molecular flexibility index (Phi) is 6.63. The molecule has 0 heterocycles. The summed E-state index contributed by atoms with van der Waals surface area (Å²) < 4.78 is 5.31. The number of amides is 1. The number of aliphatic hydroxyl groups excluding tert-OH is 1. The number of aliphatic hydroxyl groups is 1. The van der Waals surface area contributed by atoms with E-state index in [1.165, 1.54) is 0 Å². The van der Waals surface area contributed by atoms with Crippen LogP contribution in [0.1, 0.15) is 52.2 Å². The van der Waals surface area contributed by atoms with Crippen LogP contribution < -0.4 is 5.32 Å².